The summed E-state index contributed by atoms with van der Waals surface area (Å²) < 4.78 is 0. The lowest BCUT2D eigenvalue weighted by molar-refractivity contribution is 0.0645. The van der Waals surface area contributed by atoms with Crippen molar-refractivity contribution in [3.05, 3.63) is 0 Å². The molecular formula is C17H34N2. The predicted molar refractivity (Wildman–Crippen MR) is 83.5 cm³/mol. The van der Waals surface area contributed by atoms with Crippen LogP contribution in [0.5, 0.6) is 0 Å². The molecule has 1 saturated heterocycles. The predicted octanol–water partition coefficient (Wildman–Crippen LogP) is 3.67. The number of nitrogens with one attached hydrogen (secondary N) is 1. The number of hydrogen-bond acceptors (Lipinski definition) is 2. The quantitative estimate of drug-likeness (QED) is 0.817. The minimum Gasteiger partial charge on any atom is -0.316 e. The Kier molecular flexibility index (Phi) is 5.70. The summed E-state index contributed by atoms with van der Waals surface area (Å²) in [6, 6.07) is 0.870. The largest absolute Gasteiger partial charge is 0.316 e. The Labute approximate surface area is 120 Å². The first-order chi connectivity index (χ1) is 9.13. The van der Waals surface area contributed by atoms with Gasteiger partial charge < -0.3 is 10.2 Å². The summed E-state index contributed by atoms with van der Waals surface area (Å²) in [4.78, 5) is 2.79. The van der Waals surface area contributed by atoms with E-state index in [1.165, 1.54) is 71.1 Å². The van der Waals surface area contributed by atoms with Crippen molar-refractivity contribution in [3.63, 3.8) is 0 Å². The van der Waals surface area contributed by atoms with Crippen LogP contribution in [0.25, 0.3) is 0 Å². The SMILES string of the molecule is CCN(CC(C)(C)C1CCCNC1)C1CCCCC1. The molecule has 2 aliphatic rings. The fourth-order valence-corrected chi connectivity index (χ4v) is 4.12. The van der Waals surface area contributed by atoms with Crippen LogP contribution in [0.2, 0.25) is 0 Å². The topological polar surface area (TPSA) is 15.3 Å². The fourth-order valence-electron chi connectivity index (χ4n) is 4.12. The second kappa shape index (κ2) is 7.08. The molecule has 2 nitrogen and oxygen atoms in total. The maximum absolute atomic E-state index is 3.59. The monoisotopic (exact) mass is 266 g/mol. The van der Waals surface area contributed by atoms with Gasteiger partial charge in [-0.05, 0) is 56.7 Å². The van der Waals surface area contributed by atoms with Crippen LogP contribution in [0, 0.1) is 11.3 Å². The number of nitrogens with zero attached hydrogens (tertiary/aromatic N) is 1. The highest BCUT2D eigenvalue weighted by Crippen LogP contribution is 2.34. The van der Waals surface area contributed by atoms with E-state index in [4.69, 9.17) is 0 Å². The van der Waals surface area contributed by atoms with Crippen LogP contribution in [-0.2, 0) is 0 Å². The maximum atomic E-state index is 3.59. The van der Waals surface area contributed by atoms with Gasteiger partial charge in [0, 0.05) is 12.6 Å². The Morgan fingerprint density at radius 2 is 1.79 bits per heavy atom. The van der Waals surface area contributed by atoms with Gasteiger partial charge in [0.1, 0.15) is 0 Å². The first kappa shape index (κ1) is 15.3. The van der Waals surface area contributed by atoms with Crippen molar-refractivity contribution in [3.8, 4) is 0 Å². The Morgan fingerprint density at radius 3 is 2.37 bits per heavy atom. The first-order valence-electron chi connectivity index (χ1n) is 8.58. The van der Waals surface area contributed by atoms with Crippen LogP contribution in [0.4, 0.5) is 0 Å². The fraction of sp³-hybridized carbons (Fsp3) is 1.00. The van der Waals surface area contributed by atoms with Gasteiger partial charge in [-0.3, -0.25) is 0 Å². The Morgan fingerprint density at radius 1 is 1.05 bits per heavy atom. The molecule has 0 aromatic carbocycles. The van der Waals surface area contributed by atoms with Crippen molar-refractivity contribution >= 4 is 0 Å². The number of hydrogen-bond donors (Lipinski definition) is 1. The van der Waals surface area contributed by atoms with E-state index in [0.717, 1.165) is 12.0 Å². The van der Waals surface area contributed by atoms with Gasteiger partial charge in [0.05, 0.1) is 0 Å². The molecule has 1 aliphatic carbocycles. The summed E-state index contributed by atoms with van der Waals surface area (Å²) in [5.74, 6) is 0.860. The summed E-state index contributed by atoms with van der Waals surface area (Å²) in [6.45, 7) is 12.3. The van der Waals surface area contributed by atoms with Gasteiger partial charge >= 0.3 is 0 Å². The van der Waals surface area contributed by atoms with Crippen LogP contribution in [0.15, 0.2) is 0 Å². The van der Waals surface area contributed by atoms with Gasteiger partial charge in [0.15, 0.2) is 0 Å². The standard InChI is InChI=1S/C17H34N2/c1-4-19(16-10-6-5-7-11-16)14-17(2,3)15-9-8-12-18-13-15/h15-16,18H,4-14H2,1-3H3. The number of rotatable bonds is 5. The van der Waals surface area contributed by atoms with Crippen molar-refractivity contribution < 1.29 is 0 Å². The van der Waals surface area contributed by atoms with Crippen molar-refractivity contribution in [1.29, 1.82) is 0 Å². The maximum Gasteiger partial charge on any atom is 0.00953 e. The van der Waals surface area contributed by atoms with Crippen LogP contribution < -0.4 is 5.32 Å². The molecule has 112 valence electrons. The molecular weight excluding hydrogens is 232 g/mol. The van der Waals surface area contributed by atoms with E-state index < -0.39 is 0 Å². The van der Waals surface area contributed by atoms with E-state index in [2.05, 4.69) is 31.0 Å². The third-order valence-corrected chi connectivity index (χ3v) is 5.51. The average Bonchev–Trinajstić information content (AvgIpc) is 2.47. The molecule has 1 aliphatic heterocycles. The summed E-state index contributed by atoms with van der Waals surface area (Å²) >= 11 is 0. The highest BCUT2D eigenvalue weighted by atomic mass is 15.2. The van der Waals surface area contributed by atoms with Crippen LogP contribution in [0.3, 0.4) is 0 Å². The molecule has 1 unspecified atom stereocenters. The van der Waals surface area contributed by atoms with E-state index in [9.17, 15) is 0 Å². The molecule has 0 amide bonds. The first-order valence-corrected chi connectivity index (χ1v) is 8.58. The third-order valence-electron chi connectivity index (χ3n) is 5.51. The lowest BCUT2D eigenvalue weighted by Crippen LogP contribution is -2.48. The second-order valence-corrected chi connectivity index (χ2v) is 7.39. The summed E-state index contributed by atoms with van der Waals surface area (Å²) in [5.41, 5.74) is 0.459. The molecule has 1 heterocycles. The van der Waals surface area contributed by atoms with Gasteiger partial charge in [0.25, 0.3) is 0 Å². The normalized spacial score (nSPS) is 26.8. The Bertz CT molecular complexity index is 250. The molecule has 2 rings (SSSR count). The minimum atomic E-state index is 0.459. The molecule has 1 atom stereocenters. The smallest absolute Gasteiger partial charge is 0.00953 e. The zero-order valence-corrected chi connectivity index (χ0v) is 13.4. The second-order valence-electron chi connectivity index (χ2n) is 7.39. The lowest BCUT2D eigenvalue weighted by Gasteiger charge is -2.43. The molecule has 2 fully saturated rings. The minimum absolute atomic E-state index is 0.459. The highest BCUT2D eigenvalue weighted by molar-refractivity contribution is 4.87. The van der Waals surface area contributed by atoms with Crippen molar-refractivity contribution in [1.82, 2.24) is 10.2 Å². The Balaban J connectivity index is 1.91. The molecule has 19 heavy (non-hydrogen) atoms. The van der Waals surface area contributed by atoms with Crippen LogP contribution >= 0.6 is 0 Å². The van der Waals surface area contributed by atoms with Gasteiger partial charge in [-0.25, -0.2) is 0 Å². The molecule has 0 spiro atoms. The van der Waals surface area contributed by atoms with Crippen molar-refractivity contribution in [2.45, 2.75) is 71.8 Å². The molecule has 1 N–H and O–H groups in total. The zero-order valence-electron chi connectivity index (χ0n) is 13.4. The highest BCUT2D eigenvalue weighted by Gasteiger charge is 2.33. The molecule has 0 aromatic heterocycles. The molecule has 0 aromatic rings. The van der Waals surface area contributed by atoms with Gasteiger partial charge in [0.2, 0.25) is 0 Å². The molecule has 0 bridgehead atoms. The molecule has 2 heteroatoms. The van der Waals surface area contributed by atoms with Crippen LogP contribution in [0.1, 0.15) is 65.7 Å². The van der Waals surface area contributed by atoms with E-state index in [1.807, 2.05) is 0 Å². The lowest BCUT2D eigenvalue weighted by atomic mass is 9.74. The zero-order chi connectivity index (χ0) is 13.7. The summed E-state index contributed by atoms with van der Waals surface area (Å²) in [5, 5.41) is 3.59. The van der Waals surface area contributed by atoms with Crippen molar-refractivity contribution in [2.75, 3.05) is 26.2 Å². The average molecular weight is 266 g/mol. The van der Waals surface area contributed by atoms with E-state index in [-0.39, 0.29) is 0 Å². The van der Waals surface area contributed by atoms with E-state index in [0.29, 0.717) is 5.41 Å². The molecule has 1 saturated carbocycles. The van der Waals surface area contributed by atoms with Gasteiger partial charge in [-0.15, -0.1) is 0 Å². The van der Waals surface area contributed by atoms with Crippen molar-refractivity contribution in [2.24, 2.45) is 11.3 Å². The van der Waals surface area contributed by atoms with E-state index in [1.54, 1.807) is 0 Å². The third kappa shape index (κ3) is 4.19. The van der Waals surface area contributed by atoms with Crippen LogP contribution in [-0.4, -0.2) is 37.1 Å². The van der Waals surface area contributed by atoms with Gasteiger partial charge in [-0.1, -0.05) is 40.0 Å². The van der Waals surface area contributed by atoms with Gasteiger partial charge in [-0.2, -0.15) is 0 Å². The van der Waals surface area contributed by atoms with E-state index >= 15 is 0 Å². The molecule has 0 radical (unpaired) electrons. The summed E-state index contributed by atoms with van der Waals surface area (Å²) in [6.07, 6.45) is 10.0. The number of piperidine rings is 1. The Hall–Kier alpha value is -0.0800. The summed E-state index contributed by atoms with van der Waals surface area (Å²) in [7, 11) is 0.